The zero-order chi connectivity index (χ0) is 23.1. The first-order valence-corrected chi connectivity index (χ1v) is 15.4. The lowest BCUT2D eigenvalue weighted by atomic mass is 10.2. The molecule has 0 bridgehead atoms. The molecule has 8 nitrogen and oxygen atoms in total. The summed E-state index contributed by atoms with van der Waals surface area (Å²) >= 11 is 0. The molecule has 2 aliphatic rings. The number of H-pyrrole nitrogens is 1. The van der Waals surface area contributed by atoms with Gasteiger partial charge >= 0.3 is 22.8 Å². The van der Waals surface area contributed by atoms with Crippen LogP contribution in [0.15, 0.2) is 21.9 Å². The molecule has 0 radical (unpaired) electrons. The number of hydrogen-bond acceptors (Lipinski definition) is 6. The van der Waals surface area contributed by atoms with Gasteiger partial charge in [-0.2, -0.15) is 0 Å². The molecule has 2 saturated heterocycles. The number of aromatic nitrogens is 2. The number of hydrogen-bond donors (Lipinski definition) is 1. The Balaban J connectivity index is 2.02. The molecule has 0 amide bonds. The number of rotatable bonds is 5. The predicted octanol–water partition coefficient (Wildman–Crippen LogP) is 3.78. The van der Waals surface area contributed by atoms with Crippen molar-refractivity contribution in [2.45, 2.75) is 102 Å². The van der Waals surface area contributed by atoms with Gasteiger partial charge in [-0.05, 0) is 22.2 Å². The van der Waals surface area contributed by atoms with Crippen LogP contribution in [-0.4, -0.2) is 45.5 Å². The van der Waals surface area contributed by atoms with Crippen LogP contribution >= 0.6 is 0 Å². The van der Waals surface area contributed by atoms with Gasteiger partial charge in [0.15, 0.2) is 0 Å². The molecule has 1 N–H and O–H groups in total. The first-order chi connectivity index (χ1) is 14.4. The van der Waals surface area contributed by atoms with Gasteiger partial charge in [-0.25, -0.2) is 4.79 Å². The second-order valence-electron chi connectivity index (χ2n) is 10.0. The highest BCUT2D eigenvalue weighted by Gasteiger charge is 2.60. The Morgan fingerprint density at radius 1 is 0.935 bits per heavy atom. The van der Waals surface area contributed by atoms with Gasteiger partial charge in [-0.1, -0.05) is 55.4 Å². The number of nitrogens with one attached hydrogen (secondary N) is 1. The maximum atomic E-state index is 12.3. The summed E-state index contributed by atoms with van der Waals surface area (Å²) in [6.07, 6.45) is 0.962. The molecule has 176 valence electrons. The summed E-state index contributed by atoms with van der Waals surface area (Å²) in [7, 11) is -5.33. The Morgan fingerprint density at radius 2 is 1.52 bits per heavy atom. The maximum Gasteiger partial charge on any atom is 0.335 e. The molecule has 3 heterocycles. The summed E-state index contributed by atoms with van der Waals surface area (Å²) in [6, 6.07) is 1.34. The second-order valence-corrected chi connectivity index (χ2v) is 18.9. The normalized spacial score (nSPS) is 28.2. The molecule has 1 aromatic heterocycles. The third-order valence-electron chi connectivity index (χ3n) is 6.69. The van der Waals surface area contributed by atoms with E-state index in [4.69, 9.17) is 17.7 Å². The van der Waals surface area contributed by atoms with Crippen molar-refractivity contribution in [2.24, 2.45) is 0 Å². The van der Waals surface area contributed by atoms with Crippen LogP contribution in [-0.2, 0) is 17.7 Å². The lowest BCUT2D eigenvalue weighted by Gasteiger charge is -2.51. The lowest BCUT2D eigenvalue weighted by molar-refractivity contribution is -0.0566. The van der Waals surface area contributed by atoms with Gasteiger partial charge in [0.1, 0.15) is 12.3 Å². The topological polar surface area (TPSA) is 91.8 Å². The molecule has 3 rings (SSSR count). The van der Waals surface area contributed by atoms with Crippen molar-refractivity contribution in [1.82, 2.24) is 9.55 Å². The predicted molar refractivity (Wildman–Crippen MR) is 124 cm³/mol. The molecular formula is C21H38N2O6Si2. The lowest BCUT2D eigenvalue weighted by Crippen LogP contribution is -2.65. The largest absolute Gasteiger partial charge is 0.414 e. The van der Waals surface area contributed by atoms with Gasteiger partial charge in [-0.15, -0.1) is 0 Å². The Hall–Kier alpha value is -1.05. The highest BCUT2D eigenvalue weighted by Crippen LogP contribution is 2.48. The van der Waals surface area contributed by atoms with Crippen molar-refractivity contribution < 1.29 is 17.7 Å². The molecule has 0 aromatic carbocycles. The fourth-order valence-electron chi connectivity index (χ4n) is 4.96. The van der Waals surface area contributed by atoms with Crippen molar-refractivity contribution in [3.05, 3.63) is 33.1 Å². The average Bonchev–Trinajstić information content (AvgIpc) is 3.02. The van der Waals surface area contributed by atoms with Gasteiger partial charge in [0, 0.05) is 18.7 Å². The SMILES string of the molecule is CC(C)[Si]1(C(C)C)OC[C@H]2O[C@@H](n3ccc(=O)[nH]c3=O)C[C@@H]2O[Si](C(C)C)(C(C)C)O1. The molecule has 0 spiro atoms. The van der Waals surface area contributed by atoms with Crippen LogP contribution in [0.3, 0.4) is 0 Å². The van der Waals surface area contributed by atoms with Gasteiger partial charge < -0.3 is 17.7 Å². The van der Waals surface area contributed by atoms with Crippen LogP contribution in [0, 0.1) is 0 Å². The van der Waals surface area contributed by atoms with Crippen LogP contribution in [0.5, 0.6) is 0 Å². The molecule has 0 unspecified atom stereocenters. The van der Waals surface area contributed by atoms with E-state index in [0.29, 0.717) is 13.0 Å². The monoisotopic (exact) mass is 470 g/mol. The quantitative estimate of drug-likeness (QED) is 0.659. The van der Waals surface area contributed by atoms with Gasteiger partial charge in [-0.3, -0.25) is 14.3 Å². The van der Waals surface area contributed by atoms with Crippen LogP contribution in [0.1, 0.15) is 68.0 Å². The van der Waals surface area contributed by atoms with Gasteiger partial charge in [0.05, 0.1) is 12.7 Å². The third kappa shape index (κ3) is 4.42. The molecule has 0 aliphatic carbocycles. The summed E-state index contributed by atoms with van der Waals surface area (Å²) < 4.78 is 28.5. The Labute approximate surface area is 186 Å². The van der Waals surface area contributed by atoms with Crippen LogP contribution in [0.25, 0.3) is 0 Å². The van der Waals surface area contributed by atoms with Crippen molar-refractivity contribution in [2.75, 3.05) is 6.61 Å². The Bertz CT molecular complexity index is 865. The Morgan fingerprint density at radius 3 is 2.03 bits per heavy atom. The third-order valence-corrected chi connectivity index (χ3v) is 17.0. The van der Waals surface area contributed by atoms with E-state index >= 15 is 0 Å². The van der Waals surface area contributed by atoms with Crippen molar-refractivity contribution in [3.63, 3.8) is 0 Å². The fourth-order valence-corrected chi connectivity index (χ4v) is 16.2. The number of aromatic amines is 1. The van der Waals surface area contributed by atoms with E-state index in [9.17, 15) is 9.59 Å². The summed E-state index contributed by atoms with van der Waals surface area (Å²) in [5.74, 6) is 0. The van der Waals surface area contributed by atoms with Crippen molar-refractivity contribution >= 4 is 17.1 Å². The molecule has 3 atom stereocenters. The van der Waals surface area contributed by atoms with Crippen LogP contribution < -0.4 is 11.2 Å². The smallest absolute Gasteiger partial charge is 0.335 e. The summed E-state index contributed by atoms with van der Waals surface area (Å²) in [4.78, 5) is 26.1. The van der Waals surface area contributed by atoms with E-state index < -0.39 is 34.6 Å². The van der Waals surface area contributed by atoms with Gasteiger partial charge in [0.25, 0.3) is 5.56 Å². The Kier molecular flexibility index (Phi) is 7.19. The zero-order valence-electron chi connectivity index (χ0n) is 20.0. The van der Waals surface area contributed by atoms with Crippen molar-refractivity contribution in [1.29, 1.82) is 0 Å². The van der Waals surface area contributed by atoms with Gasteiger partial charge in [0.2, 0.25) is 0 Å². The number of fused-ring (bicyclic) bond motifs is 1. The highest BCUT2D eigenvalue weighted by molar-refractivity contribution is 6.83. The minimum absolute atomic E-state index is 0.230. The molecule has 0 saturated carbocycles. The van der Waals surface area contributed by atoms with E-state index in [-0.39, 0.29) is 34.4 Å². The summed E-state index contributed by atoms with van der Waals surface area (Å²) in [6.45, 7) is 17.8. The first-order valence-electron chi connectivity index (χ1n) is 11.4. The molecule has 2 aliphatic heterocycles. The van der Waals surface area contributed by atoms with Crippen LogP contribution in [0.4, 0.5) is 0 Å². The first kappa shape index (κ1) is 24.6. The molecule has 1 aromatic rings. The highest BCUT2D eigenvalue weighted by atomic mass is 28.5. The molecule has 2 fully saturated rings. The maximum absolute atomic E-state index is 12.3. The molecule has 10 heteroatoms. The van der Waals surface area contributed by atoms with E-state index in [1.807, 2.05) is 0 Å². The van der Waals surface area contributed by atoms with Crippen molar-refractivity contribution in [3.8, 4) is 0 Å². The number of ether oxygens (including phenoxy) is 1. The minimum Gasteiger partial charge on any atom is -0.414 e. The standard InChI is InChI=1S/C21H38N2O6Si2/c1-13(2)30(14(3)4)26-12-18-17(28-31(29-30,15(5)6)16(7)8)11-20(27-18)23-10-9-19(24)22-21(23)25/h9-10,13-18,20H,11-12H2,1-8H3,(H,22,24,25)/t17-,18+,20+/m0/s1. The van der Waals surface area contributed by atoms with E-state index in [1.54, 1.807) is 0 Å². The average molecular weight is 471 g/mol. The minimum atomic E-state index is -2.71. The van der Waals surface area contributed by atoms with E-state index in [1.165, 1.54) is 16.8 Å². The molecule has 31 heavy (non-hydrogen) atoms. The zero-order valence-corrected chi connectivity index (χ0v) is 22.0. The summed E-state index contributed by atoms with van der Waals surface area (Å²) in [5, 5.41) is 0. The molecular weight excluding hydrogens is 432 g/mol. The second kappa shape index (κ2) is 9.07. The number of nitrogens with zero attached hydrogens (tertiary/aromatic N) is 1. The summed E-state index contributed by atoms with van der Waals surface area (Å²) in [5.41, 5.74) is 0.0810. The van der Waals surface area contributed by atoms with E-state index in [2.05, 4.69) is 60.4 Å². The fraction of sp³-hybridized carbons (Fsp3) is 0.810. The van der Waals surface area contributed by atoms with Crippen LogP contribution in [0.2, 0.25) is 22.2 Å². The van der Waals surface area contributed by atoms with E-state index in [0.717, 1.165) is 0 Å².